The van der Waals surface area contributed by atoms with Gasteiger partial charge in [0.05, 0.1) is 29.6 Å². The van der Waals surface area contributed by atoms with E-state index in [1.165, 1.54) is 16.0 Å². The minimum Gasteiger partial charge on any atom is -0.494 e. The number of thiocarbonyl (C=S) groups is 1. The van der Waals surface area contributed by atoms with Crippen LogP contribution >= 0.6 is 12.2 Å². The minimum atomic E-state index is -0.839. The summed E-state index contributed by atoms with van der Waals surface area (Å²) in [5.74, 6) is -1.80. The van der Waals surface area contributed by atoms with Crippen molar-refractivity contribution >= 4 is 52.1 Å². The summed E-state index contributed by atoms with van der Waals surface area (Å²) in [4.78, 5) is 40.0. The molecule has 0 aliphatic carbocycles. The maximum atomic E-state index is 13.2. The van der Waals surface area contributed by atoms with Gasteiger partial charge in [-0.2, -0.15) is 10.1 Å². The largest absolute Gasteiger partial charge is 0.494 e. The second-order valence-electron chi connectivity index (χ2n) is 7.11. The van der Waals surface area contributed by atoms with Crippen molar-refractivity contribution in [2.45, 2.75) is 13.8 Å². The van der Waals surface area contributed by atoms with Gasteiger partial charge in [-0.1, -0.05) is 18.2 Å². The molecule has 0 unspecified atom stereocenters. The van der Waals surface area contributed by atoms with Gasteiger partial charge in [-0.15, -0.1) is 0 Å². The predicted molar refractivity (Wildman–Crippen MR) is 124 cm³/mol. The number of nitrogens with one attached hydrogen (secondary N) is 1. The molecule has 2 aliphatic rings. The lowest BCUT2D eigenvalue weighted by molar-refractivity contribution is -0.122. The van der Waals surface area contributed by atoms with E-state index in [0.29, 0.717) is 29.4 Å². The van der Waals surface area contributed by atoms with E-state index in [-0.39, 0.29) is 16.6 Å². The zero-order chi connectivity index (χ0) is 22.8. The van der Waals surface area contributed by atoms with E-state index in [9.17, 15) is 14.4 Å². The first-order chi connectivity index (χ1) is 15.4. The van der Waals surface area contributed by atoms with Crippen molar-refractivity contribution in [3.05, 3.63) is 66.2 Å². The third kappa shape index (κ3) is 3.90. The van der Waals surface area contributed by atoms with Crippen LogP contribution in [0.1, 0.15) is 13.8 Å². The molecule has 0 radical (unpaired) electrons. The number of benzene rings is 2. The molecule has 4 rings (SSSR count). The van der Waals surface area contributed by atoms with Crippen LogP contribution in [-0.4, -0.2) is 35.2 Å². The van der Waals surface area contributed by atoms with Crippen LogP contribution in [0.15, 0.2) is 71.3 Å². The van der Waals surface area contributed by atoms with Gasteiger partial charge in [-0.25, -0.2) is 0 Å². The van der Waals surface area contributed by atoms with Gasteiger partial charge in [0.1, 0.15) is 11.3 Å². The van der Waals surface area contributed by atoms with Crippen LogP contribution in [0.4, 0.5) is 11.4 Å². The van der Waals surface area contributed by atoms with Gasteiger partial charge in [-0.05, 0) is 68.5 Å². The summed E-state index contributed by atoms with van der Waals surface area (Å²) in [6.07, 6.45) is 1.35. The minimum absolute atomic E-state index is 0.0321. The topological polar surface area (TPSA) is 91.3 Å². The van der Waals surface area contributed by atoms with E-state index in [1.807, 2.05) is 13.0 Å². The summed E-state index contributed by atoms with van der Waals surface area (Å²) in [7, 11) is 0. The van der Waals surface area contributed by atoms with Crippen LogP contribution in [0.2, 0.25) is 0 Å². The lowest BCUT2D eigenvalue weighted by Crippen LogP contribution is -2.54. The normalized spacial score (nSPS) is 20.0. The van der Waals surface area contributed by atoms with Gasteiger partial charge >= 0.3 is 0 Å². The molecule has 1 saturated heterocycles. The van der Waals surface area contributed by atoms with Gasteiger partial charge in [0.15, 0.2) is 5.11 Å². The van der Waals surface area contributed by atoms with E-state index >= 15 is 0 Å². The molecule has 0 saturated carbocycles. The SMILES string of the molecule is CCOc1ccc(N2C(=O)/C(=C/[C@H]3C(=O)N(c4ccccc4)N=C3C)C(=O)NC2=S)cc1. The zero-order valence-electron chi connectivity index (χ0n) is 17.4. The number of hydrogen-bond acceptors (Lipinski definition) is 6. The van der Waals surface area contributed by atoms with Crippen molar-refractivity contribution in [2.75, 3.05) is 16.5 Å². The molecule has 2 aromatic rings. The van der Waals surface area contributed by atoms with Gasteiger partial charge in [0, 0.05) is 0 Å². The summed E-state index contributed by atoms with van der Waals surface area (Å²) in [5, 5.41) is 8.09. The Morgan fingerprint density at radius 1 is 1.06 bits per heavy atom. The number of amides is 3. The Bertz CT molecular complexity index is 1160. The van der Waals surface area contributed by atoms with E-state index in [1.54, 1.807) is 55.5 Å². The molecule has 32 heavy (non-hydrogen) atoms. The molecule has 1 atom stereocenters. The smallest absolute Gasteiger partial charge is 0.269 e. The maximum absolute atomic E-state index is 13.2. The average molecular weight is 449 g/mol. The quantitative estimate of drug-likeness (QED) is 0.432. The van der Waals surface area contributed by atoms with E-state index in [2.05, 4.69) is 10.4 Å². The molecule has 1 fully saturated rings. The average Bonchev–Trinajstić information content (AvgIpc) is 3.06. The van der Waals surface area contributed by atoms with E-state index < -0.39 is 17.7 Å². The molecular formula is C23H20N4O4S. The summed E-state index contributed by atoms with van der Waals surface area (Å²) in [5.41, 5.74) is 1.39. The van der Waals surface area contributed by atoms with Crippen molar-refractivity contribution in [1.82, 2.24) is 5.32 Å². The summed E-state index contributed by atoms with van der Waals surface area (Å²) < 4.78 is 5.43. The highest BCUT2D eigenvalue weighted by Gasteiger charge is 2.39. The fourth-order valence-corrected chi connectivity index (χ4v) is 3.74. The Morgan fingerprint density at radius 2 is 1.75 bits per heavy atom. The van der Waals surface area contributed by atoms with Gasteiger partial charge < -0.3 is 4.74 Å². The molecular weight excluding hydrogens is 428 g/mol. The standard InChI is InChI=1S/C23H20N4O4S/c1-3-31-17-11-9-15(10-12-17)26-21(29)19(20(28)24-23(26)32)13-18-14(2)25-27(22(18)30)16-7-5-4-6-8-16/h4-13,18H,3H2,1-2H3,(H,24,28,32)/b19-13+/t18-/m1/s1. The van der Waals surface area contributed by atoms with Gasteiger partial charge in [-0.3, -0.25) is 24.6 Å². The Hall–Kier alpha value is -3.85. The first-order valence-corrected chi connectivity index (χ1v) is 10.4. The van der Waals surface area contributed by atoms with Crippen LogP contribution < -0.4 is 20.0 Å². The number of carbonyl (C=O) groups excluding carboxylic acids is 3. The molecule has 0 aromatic heterocycles. The van der Waals surface area contributed by atoms with Crippen LogP contribution in [0, 0.1) is 5.92 Å². The van der Waals surface area contributed by atoms with Crippen LogP contribution in [0.25, 0.3) is 0 Å². The second kappa shape index (κ2) is 8.72. The Balaban J connectivity index is 1.63. The van der Waals surface area contributed by atoms with Crippen LogP contribution in [-0.2, 0) is 14.4 Å². The number of hydrazone groups is 1. The molecule has 2 heterocycles. The highest BCUT2D eigenvalue weighted by Crippen LogP contribution is 2.28. The van der Waals surface area contributed by atoms with Crippen LogP contribution in [0.5, 0.6) is 5.75 Å². The summed E-state index contributed by atoms with van der Waals surface area (Å²) in [6.45, 7) is 4.07. The number of nitrogens with zero attached hydrogens (tertiary/aromatic N) is 3. The molecule has 162 valence electrons. The summed E-state index contributed by atoms with van der Waals surface area (Å²) >= 11 is 5.23. The maximum Gasteiger partial charge on any atom is 0.269 e. The predicted octanol–water partition coefficient (Wildman–Crippen LogP) is 2.80. The molecule has 9 heteroatoms. The Labute approximate surface area is 190 Å². The molecule has 3 amide bonds. The van der Waals surface area contributed by atoms with Crippen molar-refractivity contribution in [2.24, 2.45) is 11.0 Å². The van der Waals surface area contributed by atoms with Crippen molar-refractivity contribution in [1.29, 1.82) is 0 Å². The first kappa shape index (κ1) is 21.4. The number of hydrogen-bond donors (Lipinski definition) is 1. The fraction of sp³-hybridized carbons (Fsp3) is 0.174. The third-order valence-corrected chi connectivity index (χ3v) is 5.31. The molecule has 0 bridgehead atoms. The highest BCUT2D eigenvalue weighted by molar-refractivity contribution is 7.80. The monoisotopic (exact) mass is 448 g/mol. The van der Waals surface area contributed by atoms with Crippen LogP contribution in [0.3, 0.4) is 0 Å². The van der Waals surface area contributed by atoms with Gasteiger partial charge in [0.25, 0.3) is 17.7 Å². The lowest BCUT2D eigenvalue weighted by Gasteiger charge is -2.29. The number of ether oxygens (including phenoxy) is 1. The Morgan fingerprint density at radius 3 is 2.41 bits per heavy atom. The zero-order valence-corrected chi connectivity index (χ0v) is 18.3. The van der Waals surface area contributed by atoms with Crippen molar-refractivity contribution in [3.63, 3.8) is 0 Å². The third-order valence-electron chi connectivity index (χ3n) is 5.02. The number of para-hydroxylation sites is 1. The van der Waals surface area contributed by atoms with E-state index in [0.717, 1.165) is 0 Å². The molecule has 1 N–H and O–H groups in total. The van der Waals surface area contributed by atoms with Crippen molar-refractivity contribution < 1.29 is 19.1 Å². The molecule has 0 spiro atoms. The lowest BCUT2D eigenvalue weighted by atomic mass is 9.98. The molecule has 2 aliphatic heterocycles. The number of anilines is 2. The number of rotatable bonds is 5. The highest BCUT2D eigenvalue weighted by atomic mass is 32.1. The second-order valence-corrected chi connectivity index (χ2v) is 7.50. The van der Waals surface area contributed by atoms with Gasteiger partial charge in [0.2, 0.25) is 0 Å². The first-order valence-electron chi connectivity index (χ1n) is 9.99. The number of carbonyl (C=O) groups is 3. The van der Waals surface area contributed by atoms with E-state index in [4.69, 9.17) is 17.0 Å². The van der Waals surface area contributed by atoms with Crippen molar-refractivity contribution in [3.8, 4) is 5.75 Å². The molecule has 8 nitrogen and oxygen atoms in total. The summed E-state index contributed by atoms with van der Waals surface area (Å²) in [6, 6.07) is 15.7. The Kier molecular flexibility index (Phi) is 5.83. The molecule has 2 aromatic carbocycles. The fourth-order valence-electron chi connectivity index (χ4n) is 3.46.